The second-order valence-electron chi connectivity index (χ2n) is 3.13. The van der Waals surface area contributed by atoms with Crippen molar-refractivity contribution in [2.45, 2.75) is 6.42 Å². The monoisotopic (exact) mass is 284 g/mol. The highest BCUT2D eigenvalue weighted by molar-refractivity contribution is 9.10. The number of hydrogen-bond acceptors (Lipinski definition) is 4. The first-order valence-electron chi connectivity index (χ1n) is 4.62. The second kappa shape index (κ2) is 4.48. The van der Waals surface area contributed by atoms with Gasteiger partial charge in [0.15, 0.2) is 5.82 Å². The molecule has 0 bridgehead atoms. The molecule has 0 aliphatic rings. The summed E-state index contributed by atoms with van der Waals surface area (Å²) in [6.45, 7) is 0.338. The van der Waals surface area contributed by atoms with Crippen molar-refractivity contribution in [3.8, 4) is 0 Å². The van der Waals surface area contributed by atoms with Crippen molar-refractivity contribution in [2.24, 2.45) is 0 Å². The van der Waals surface area contributed by atoms with Crippen LogP contribution in [0.5, 0.6) is 0 Å². The summed E-state index contributed by atoms with van der Waals surface area (Å²) in [6, 6.07) is 3.71. The minimum atomic E-state index is -0.839. The Hall–Kier alpha value is -1.63. The number of carboxylic acid groups (broad SMARTS) is 1. The topological polar surface area (TPSA) is 79.5 Å². The molecule has 84 valence electrons. The third-order valence-electron chi connectivity index (χ3n) is 2.04. The summed E-state index contributed by atoms with van der Waals surface area (Å²) < 4.78 is 2.50. The zero-order chi connectivity index (χ0) is 11.5. The molecule has 2 heterocycles. The Bertz CT molecular complexity index is 525. The third kappa shape index (κ3) is 2.13. The number of carboxylic acids is 1. The minimum Gasteiger partial charge on any atom is -0.481 e. The number of nitrogens with zero attached hydrogens (tertiary/aromatic N) is 3. The van der Waals surface area contributed by atoms with Crippen molar-refractivity contribution >= 4 is 33.2 Å². The number of aromatic nitrogens is 3. The van der Waals surface area contributed by atoms with Gasteiger partial charge in [0.25, 0.3) is 0 Å². The van der Waals surface area contributed by atoms with Crippen LogP contribution in [0.2, 0.25) is 0 Å². The molecular weight excluding hydrogens is 276 g/mol. The van der Waals surface area contributed by atoms with Gasteiger partial charge in [-0.2, -0.15) is 5.10 Å². The van der Waals surface area contributed by atoms with Crippen molar-refractivity contribution in [1.82, 2.24) is 14.6 Å². The van der Waals surface area contributed by atoms with Crippen LogP contribution in [-0.2, 0) is 4.79 Å². The molecule has 0 spiro atoms. The van der Waals surface area contributed by atoms with E-state index in [1.165, 1.54) is 6.33 Å². The Morgan fingerprint density at radius 3 is 3.12 bits per heavy atom. The summed E-state index contributed by atoms with van der Waals surface area (Å²) in [5, 5.41) is 15.5. The molecule has 0 saturated heterocycles. The molecule has 16 heavy (non-hydrogen) atoms. The summed E-state index contributed by atoms with van der Waals surface area (Å²) in [6.07, 6.45) is 1.47. The second-order valence-corrected chi connectivity index (χ2v) is 3.94. The first kappa shape index (κ1) is 10.9. The van der Waals surface area contributed by atoms with E-state index in [1.54, 1.807) is 4.52 Å². The van der Waals surface area contributed by atoms with Crippen LogP contribution in [0.4, 0.5) is 5.82 Å². The van der Waals surface area contributed by atoms with Gasteiger partial charge in [-0.15, -0.1) is 0 Å². The lowest BCUT2D eigenvalue weighted by Crippen LogP contribution is -2.10. The summed E-state index contributed by atoms with van der Waals surface area (Å²) >= 11 is 3.34. The van der Waals surface area contributed by atoms with Gasteiger partial charge in [-0.3, -0.25) is 4.79 Å². The first-order valence-corrected chi connectivity index (χ1v) is 5.41. The molecule has 2 aromatic heterocycles. The van der Waals surface area contributed by atoms with Crippen LogP contribution < -0.4 is 5.32 Å². The predicted octanol–water partition coefficient (Wildman–Crippen LogP) is 1.38. The molecule has 2 rings (SSSR count). The molecule has 0 atom stereocenters. The molecule has 2 N–H and O–H groups in total. The summed E-state index contributed by atoms with van der Waals surface area (Å²) in [7, 11) is 0. The van der Waals surface area contributed by atoms with Crippen molar-refractivity contribution in [3.05, 3.63) is 23.1 Å². The molecule has 2 aromatic rings. The Morgan fingerprint density at radius 2 is 2.38 bits per heavy atom. The SMILES string of the molecule is O=C(O)CCNc1ncnn2c(Br)ccc12. The Kier molecular flexibility index (Phi) is 3.04. The van der Waals surface area contributed by atoms with E-state index in [-0.39, 0.29) is 6.42 Å². The molecule has 0 fully saturated rings. The minimum absolute atomic E-state index is 0.0536. The molecule has 0 aliphatic carbocycles. The summed E-state index contributed by atoms with van der Waals surface area (Å²) in [5.74, 6) is -0.212. The molecule has 0 aliphatic heterocycles. The van der Waals surface area contributed by atoms with Crippen LogP contribution in [0.15, 0.2) is 23.1 Å². The van der Waals surface area contributed by atoms with E-state index in [9.17, 15) is 4.79 Å². The van der Waals surface area contributed by atoms with Crippen molar-refractivity contribution in [3.63, 3.8) is 0 Å². The maximum atomic E-state index is 10.4. The number of rotatable bonds is 4. The highest BCUT2D eigenvalue weighted by Crippen LogP contribution is 2.19. The Morgan fingerprint density at radius 1 is 1.56 bits per heavy atom. The molecule has 0 saturated carbocycles. The van der Waals surface area contributed by atoms with E-state index in [0.717, 1.165) is 10.1 Å². The third-order valence-corrected chi connectivity index (χ3v) is 2.64. The van der Waals surface area contributed by atoms with E-state index in [2.05, 4.69) is 31.3 Å². The number of fused-ring (bicyclic) bond motifs is 1. The lowest BCUT2D eigenvalue weighted by Gasteiger charge is -2.05. The zero-order valence-electron chi connectivity index (χ0n) is 8.22. The maximum absolute atomic E-state index is 10.4. The van der Waals surface area contributed by atoms with Gasteiger partial charge in [-0.05, 0) is 28.1 Å². The lowest BCUT2D eigenvalue weighted by atomic mass is 10.4. The number of nitrogens with one attached hydrogen (secondary N) is 1. The molecule has 0 unspecified atom stereocenters. The van der Waals surface area contributed by atoms with Crippen molar-refractivity contribution in [2.75, 3.05) is 11.9 Å². The van der Waals surface area contributed by atoms with Gasteiger partial charge in [0.05, 0.1) is 6.42 Å². The summed E-state index contributed by atoms with van der Waals surface area (Å²) in [4.78, 5) is 14.4. The van der Waals surface area contributed by atoms with Gasteiger partial charge < -0.3 is 10.4 Å². The van der Waals surface area contributed by atoms with Crippen molar-refractivity contribution < 1.29 is 9.90 Å². The van der Waals surface area contributed by atoms with E-state index in [1.807, 2.05) is 12.1 Å². The van der Waals surface area contributed by atoms with Crippen LogP contribution in [-0.4, -0.2) is 32.2 Å². The van der Waals surface area contributed by atoms with Crippen LogP contribution in [0.1, 0.15) is 6.42 Å². The zero-order valence-corrected chi connectivity index (χ0v) is 9.81. The van der Waals surface area contributed by atoms with Gasteiger partial charge in [0.2, 0.25) is 0 Å². The van der Waals surface area contributed by atoms with Crippen LogP contribution in [0.3, 0.4) is 0 Å². The fourth-order valence-corrected chi connectivity index (χ4v) is 1.74. The van der Waals surface area contributed by atoms with Crippen LogP contribution in [0, 0.1) is 0 Å². The number of anilines is 1. The van der Waals surface area contributed by atoms with E-state index >= 15 is 0 Å². The van der Waals surface area contributed by atoms with Crippen LogP contribution in [0.25, 0.3) is 5.52 Å². The predicted molar refractivity (Wildman–Crippen MR) is 61.4 cm³/mol. The smallest absolute Gasteiger partial charge is 0.305 e. The van der Waals surface area contributed by atoms with Crippen molar-refractivity contribution in [1.29, 1.82) is 0 Å². The maximum Gasteiger partial charge on any atom is 0.305 e. The largest absolute Gasteiger partial charge is 0.481 e. The van der Waals surface area contributed by atoms with Crippen LogP contribution >= 0.6 is 15.9 Å². The Balaban J connectivity index is 2.20. The van der Waals surface area contributed by atoms with Gasteiger partial charge in [-0.25, -0.2) is 9.50 Å². The highest BCUT2D eigenvalue weighted by Gasteiger charge is 2.06. The number of halogens is 1. The molecule has 6 nitrogen and oxygen atoms in total. The van der Waals surface area contributed by atoms with E-state index in [4.69, 9.17) is 5.11 Å². The van der Waals surface area contributed by atoms with E-state index in [0.29, 0.717) is 12.4 Å². The standard InChI is InChI=1S/C9H9BrN4O2/c10-7-2-1-6-9(11-4-3-8(15)16)12-5-13-14(6)7/h1-2,5H,3-4H2,(H,15,16)(H,11,12,13). The number of carbonyl (C=O) groups is 1. The Labute approximate surface area is 99.4 Å². The number of aliphatic carboxylic acids is 1. The van der Waals surface area contributed by atoms with Gasteiger partial charge in [0.1, 0.15) is 16.4 Å². The first-order chi connectivity index (χ1) is 7.68. The van der Waals surface area contributed by atoms with Gasteiger partial charge >= 0.3 is 5.97 Å². The molecule has 0 aromatic carbocycles. The fraction of sp³-hybridized carbons (Fsp3) is 0.222. The summed E-state index contributed by atoms with van der Waals surface area (Å²) in [5.41, 5.74) is 0.805. The molecular formula is C9H9BrN4O2. The normalized spacial score (nSPS) is 10.6. The van der Waals surface area contributed by atoms with Gasteiger partial charge in [0, 0.05) is 6.54 Å². The van der Waals surface area contributed by atoms with Gasteiger partial charge in [-0.1, -0.05) is 0 Å². The molecule has 7 heteroatoms. The average Bonchev–Trinajstić information content (AvgIpc) is 2.61. The molecule has 0 radical (unpaired) electrons. The average molecular weight is 285 g/mol. The highest BCUT2D eigenvalue weighted by atomic mass is 79.9. The molecule has 0 amide bonds. The quantitative estimate of drug-likeness (QED) is 0.887. The fourth-order valence-electron chi connectivity index (χ4n) is 1.33. The lowest BCUT2D eigenvalue weighted by molar-refractivity contribution is -0.136. The van der Waals surface area contributed by atoms with E-state index < -0.39 is 5.97 Å². The number of hydrogen-bond donors (Lipinski definition) is 2.